The van der Waals surface area contributed by atoms with E-state index in [1.165, 1.54) is 37.4 Å². The third kappa shape index (κ3) is 13.7. The number of anilines is 1. The van der Waals surface area contributed by atoms with Crippen LogP contribution in [-0.4, -0.2) is 136 Å². The lowest BCUT2D eigenvalue weighted by Gasteiger charge is -2.35. The molecule has 15 heteroatoms. The molecule has 4 aromatic rings. The lowest BCUT2D eigenvalue weighted by molar-refractivity contribution is -0.384. The van der Waals surface area contributed by atoms with Crippen LogP contribution in [0.3, 0.4) is 0 Å². The molecule has 2 atom stereocenters. The van der Waals surface area contributed by atoms with Gasteiger partial charge in [0.1, 0.15) is 5.69 Å². The molecule has 8 rings (SSSR count). The number of methoxy groups -OCH3 is 4. The summed E-state index contributed by atoms with van der Waals surface area (Å²) in [6.45, 7) is 10.4. The summed E-state index contributed by atoms with van der Waals surface area (Å²) < 4.78 is 21.8. The number of carbonyl (C=O) groups excluding carboxylic acids is 3. The Labute approximate surface area is 407 Å². The number of likely N-dealkylation sites (tertiary alicyclic amines) is 2. The van der Waals surface area contributed by atoms with Gasteiger partial charge < -0.3 is 43.9 Å². The van der Waals surface area contributed by atoms with Crippen LogP contribution in [0.1, 0.15) is 66.0 Å². The molecule has 3 amide bonds. The van der Waals surface area contributed by atoms with Gasteiger partial charge in [0.25, 0.3) is 5.69 Å². The van der Waals surface area contributed by atoms with Crippen molar-refractivity contribution in [1.29, 1.82) is 0 Å². The first-order chi connectivity index (χ1) is 33.4. The minimum Gasteiger partial charge on any atom is -0.493 e. The van der Waals surface area contributed by atoms with E-state index >= 15 is 0 Å². The van der Waals surface area contributed by atoms with Crippen LogP contribution in [0.25, 0.3) is 0 Å². The largest absolute Gasteiger partial charge is 0.493 e. The number of hydrogen-bond donors (Lipinski definition) is 1. The molecule has 15 nitrogen and oxygen atoms in total. The van der Waals surface area contributed by atoms with Gasteiger partial charge >= 0.3 is 0 Å². The molecule has 4 heterocycles. The second kappa shape index (κ2) is 24.4. The van der Waals surface area contributed by atoms with E-state index < -0.39 is 4.92 Å². The molecule has 69 heavy (non-hydrogen) atoms. The summed E-state index contributed by atoms with van der Waals surface area (Å²) in [5.41, 5.74) is 6.77. The van der Waals surface area contributed by atoms with Crippen molar-refractivity contribution in [3.63, 3.8) is 0 Å². The van der Waals surface area contributed by atoms with Gasteiger partial charge in [-0.2, -0.15) is 0 Å². The maximum absolute atomic E-state index is 13.1. The molecule has 2 fully saturated rings. The SMILES string of the molecule is COc1cc2c(cc1OC)CC(=O)N(CC1CCCN(CCc3ccc(NC(C)=O)c([N+](=O)[O-])c3)C1)CC2.COc1cc2c(cc1OC)CC(=O)N(CC1CCCN(CCc3ccccc3)C1)CC2. The van der Waals surface area contributed by atoms with Crippen LogP contribution in [0.2, 0.25) is 0 Å². The Morgan fingerprint density at radius 1 is 0.638 bits per heavy atom. The van der Waals surface area contributed by atoms with Crippen molar-refractivity contribution in [2.24, 2.45) is 11.8 Å². The first kappa shape index (κ1) is 50.7. The molecule has 0 radical (unpaired) electrons. The van der Waals surface area contributed by atoms with E-state index in [-0.39, 0.29) is 29.1 Å². The highest BCUT2D eigenvalue weighted by molar-refractivity contribution is 5.91. The van der Waals surface area contributed by atoms with Crippen LogP contribution in [0.4, 0.5) is 11.4 Å². The Balaban J connectivity index is 0.000000208. The molecule has 0 bridgehead atoms. The number of hydrogen-bond acceptors (Lipinski definition) is 11. The van der Waals surface area contributed by atoms with Crippen molar-refractivity contribution in [3.8, 4) is 23.0 Å². The normalized spacial score (nSPS) is 18.7. The molecule has 4 aliphatic heterocycles. The van der Waals surface area contributed by atoms with Gasteiger partial charge in [-0.25, -0.2) is 0 Å². The fraction of sp³-hybridized carbons (Fsp3) is 0.500. The van der Waals surface area contributed by atoms with Gasteiger partial charge in [0.05, 0.1) is 46.2 Å². The Morgan fingerprint density at radius 3 is 1.55 bits per heavy atom. The Morgan fingerprint density at radius 2 is 1.10 bits per heavy atom. The van der Waals surface area contributed by atoms with Crippen LogP contribution < -0.4 is 24.3 Å². The number of piperidine rings is 2. The number of ether oxygens (including phenoxy) is 4. The number of nitrogens with one attached hydrogen (secondary N) is 1. The Bertz CT molecular complexity index is 2410. The topological polar surface area (TPSA) is 156 Å². The van der Waals surface area contributed by atoms with E-state index in [9.17, 15) is 24.5 Å². The molecule has 2 saturated heterocycles. The van der Waals surface area contributed by atoms with E-state index in [4.69, 9.17) is 18.9 Å². The highest BCUT2D eigenvalue weighted by Crippen LogP contribution is 2.35. The number of nitro groups is 1. The van der Waals surface area contributed by atoms with E-state index in [0.29, 0.717) is 54.9 Å². The number of nitrogens with zero attached hydrogens (tertiary/aromatic N) is 5. The van der Waals surface area contributed by atoms with Gasteiger partial charge in [0, 0.05) is 65.3 Å². The van der Waals surface area contributed by atoms with Crippen LogP contribution in [0.5, 0.6) is 23.0 Å². The lowest BCUT2D eigenvalue weighted by Crippen LogP contribution is -2.44. The molecule has 4 aromatic carbocycles. The zero-order valence-corrected chi connectivity index (χ0v) is 41.1. The van der Waals surface area contributed by atoms with Gasteiger partial charge in [-0.3, -0.25) is 24.5 Å². The molecule has 0 saturated carbocycles. The zero-order chi connectivity index (χ0) is 48.9. The molecule has 370 valence electrons. The van der Waals surface area contributed by atoms with E-state index in [1.54, 1.807) is 40.6 Å². The van der Waals surface area contributed by atoms with Crippen LogP contribution >= 0.6 is 0 Å². The van der Waals surface area contributed by atoms with Crippen molar-refractivity contribution >= 4 is 29.1 Å². The number of rotatable bonds is 16. The molecule has 2 unspecified atom stereocenters. The number of carbonyl (C=O) groups is 3. The maximum Gasteiger partial charge on any atom is 0.293 e. The summed E-state index contributed by atoms with van der Waals surface area (Å²) in [6.07, 6.45) is 8.78. The van der Waals surface area contributed by atoms with E-state index in [2.05, 4.69) is 50.3 Å². The van der Waals surface area contributed by atoms with Crippen molar-refractivity contribution in [2.75, 3.05) is 99.2 Å². The summed E-state index contributed by atoms with van der Waals surface area (Å²) in [5, 5.41) is 14.0. The summed E-state index contributed by atoms with van der Waals surface area (Å²) >= 11 is 0. The summed E-state index contributed by atoms with van der Waals surface area (Å²) in [4.78, 5) is 57.6. The maximum atomic E-state index is 13.1. The van der Waals surface area contributed by atoms with Crippen molar-refractivity contribution in [3.05, 3.63) is 116 Å². The fourth-order valence-corrected chi connectivity index (χ4v) is 10.4. The number of fused-ring (bicyclic) bond motifs is 2. The molecular weight excluding hydrogens is 877 g/mol. The first-order valence-electron chi connectivity index (χ1n) is 24.5. The van der Waals surface area contributed by atoms with Crippen LogP contribution in [-0.2, 0) is 52.9 Å². The number of amides is 3. The monoisotopic (exact) mass is 947 g/mol. The van der Waals surface area contributed by atoms with Gasteiger partial charge in [0.15, 0.2) is 23.0 Å². The average molecular weight is 947 g/mol. The molecule has 0 spiro atoms. The van der Waals surface area contributed by atoms with Crippen molar-refractivity contribution < 1.29 is 38.3 Å². The summed E-state index contributed by atoms with van der Waals surface area (Å²) in [6, 6.07) is 23.6. The van der Waals surface area contributed by atoms with Gasteiger partial charge in [-0.15, -0.1) is 0 Å². The molecule has 0 aliphatic carbocycles. The van der Waals surface area contributed by atoms with Crippen LogP contribution in [0.15, 0.2) is 72.8 Å². The predicted molar refractivity (Wildman–Crippen MR) is 267 cm³/mol. The lowest BCUT2D eigenvalue weighted by atomic mass is 9.96. The zero-order valence-electron chi connectivity index (χ0n) is 41.1. The van der Waals surface area contributed by atoms with E-state index in [1.807, 2.05) is 35.2 Å². The second-order valence-corrected chi connectivity index (χ2v) is 18.9. The highest BCUT2D eigenvalue weighted by Gasteiger charge is 2.30. The molecule has 4 aliphatic rings. The minimum absolute atomic E-state index is 0.0925. The van der Waals surface area contributed by atoms with Gasteiger partial charge in [-0.1, -0.05) is 36.4 Å². The third-order valence-corrected chi connectivity index (χ3v) is 14.1. The summed E-state index contributed by atoms with van der Waals surface area (Å²) in [7, 11) is 6.52. The quantitative estimate of drug-likeness (QED) is 0.0909. The standard InChI is InChI=1S/C28H36N4O6.C26H34N2O3/c1-19(33)29-24-7-6-20(13-25(24)32(35)36)8-11-30-10-4-5-21(17-30)18-31-12-9-22-14-26(37-2)27(38-3)15-23(22)16-28(31)34;1-30-24-15-22-11-14-28(26(29)17-23(22)16-25(24)31-2)19-21-9-6-12-27(18-21)13-10-20-7-4-3-5-8-20/h6-7,13-15,21H,4-5,8-12,16-18H2,1-3H3,(H,29,33);3-5,7-8,15-16,21H,6,9-14,17-19H2,1-2H3. The minimum atomic E-state index is -0.464. The fourth-order valence-electron chi connectivity index (χ4n) is 10.4. The van der Waals surface area contributed by atoms with Gasteiger partial charge in [-0.05, 0) is 140 Å². The van der Waals surface area contributed by atoms with Crippen molar-refractivity contribution in [1.82, 2.24) is 19.6 Å². The number of benzene rings is 4. The third-order valence-electron chi connectivity index (χ3n) is 14.1. The Hall–Kier alpha value is -6.19. The van der Waals surface area contributed by atoms with Gasteiger partial charge in [0.2, 0.25) is 17.7 Å². The smallest absolute Gasteiger partial charge is 0.293 e. The second-order valence-electron chi connectivity index (χ2n) is 18.9. The van der Waals surface area contributed by atoms with Crippen LogP contribution in [0, 0.1) is 22.0 Å². The molecular formula is C54H70N6O9. The number of nitro benzene ring substituents is 1. The highest BCUT2D eigenvalue weighted by atomic mass is 16.6. The molecule has 1 N–H and O–H groups in total. The predicted octanol–water partition coefficient (Wildman–Crippen LogP) is 7.04. The Kier molecular flexibility index (Phi) is 17.9. The average Bonchev–Trinajstić information content (AvgIpc) is 3.60. The van der Waals surface area contributed by atoms with E-state index in [0.717, 1.165) is 112 Å². The van der Waals surface area contributed by atoms with Crippen molar-refractivity contribution in [2.45, 2.75) is 71.1 Å². The molecule has 0 aromatic heterocycles. The first-order valence-corrected chi connectivity index (χ1v) is 24.5. The summed E-state index contributed by atoms with van der Waals surface area (Å²) in [5.74, 6) is 3.73.